The number of rotatable bonds is 14. The lowest BCUT2D eigenvalue weighted by Gasteiger charge is -2.27. The van der Waals surface area contributed by atoms with Crippen molar-refractivity contribution in [3.8, 4) is 0 Å². The van der Waals surface area contributed by atoms with E-state index in [1.165, 1.54) is 48.5 Å². The summed E-state index contributed by atoms with van der Waals surface area (Å²) >= 11 is 0. The van der Waals surface area contributed by atoms with Gasteiger partial charge in [-0.25, -0.2) is 4.79 Å². The highest BCUT2D eigenvalue weighted by Gasteiger charge is 2.53. The smallest absolute Gasteiger partial charge is 0.330 e. The first-order chi connectivity index (χ1) is 21.9. The summed E-state index contributed by atoms with van der Waals surface area (Å²) in [6, 6.07) is 12.3. The first kappa shape index (κ1) is 34.2. The van der Waals surface area contributed by atoms with Crippen molar-refractivity contribution in [2.24, 2.45) is 5.50 Å². The van der Waals surface area contributed by atoms with Crippen molar-refractivity contribution in [2.45, 2.75) is 56.3 Å². The summed E-state index contributed by atoms with van der Waals surface area (Å²) < 4.78 is 17.4. The Kier molecular flexibility index (Phi) is 11.2. The number of benzene rings is 2. The van der Waals surface area contributed by atoms with Gasteiger partial charge in [0.15, 0.2) is 18.1 Å². The van der Waals surface area contributed by atoms with Gasteiger partial charge in [-0.1, -0.05) is 36.4 Å². The molecule has 0 amide bonds. The number of nitro benzene ring substituents is 2. The van der Waals surface area contributed by atoms with E-state index in [1.807, 2.05) is 4.98 Å². The van der Waals surface area contributed by atoms with E-state index in [-0.39, 0.29) is 35.3 Å². The molecule has 0 radical (unpaired) electrons. The molecular formula is C27H28N5O13P. The molecule has 0 spiro atoms. The van der Waals surface area contributed by atoms with Crippen LogP contribution >= 0.6 is 8.53 Å². The average Bonchev–Trinajstić information content (AvgIpc) is 3.32. The van der Waals surface area contributed by atoms with Crippen LogP contribution in [0.4, 0.5) is 11.4 Å². The SMILES string of the molecule is NP(O)O[C@H]1[C@@H](O)[C@H](n2ccc(=O)[nH]c2=O)O[C@@H]1C(OC(=O)CCc1ccccc1[N+](=O)[O-])C(=O)CCc1ccccc1[N+](=O)[O-]. The Morgan fingerprint density at radius 3 is 2.11 bits per heavy atom. The number of hydrogen-bond acceptors (Lipinski definition) is 14. The van der Waals surface area contributed by atoms with Crippen LogP contribution in [-0.2, 0) is 36.4 Å². The number of para-hydroxylation sites is 2. The number of H-pyrrole nitrogens is 1. The number of carbonyl (C=O) groups excluding carboxylic acids is 2. The number of nitrogens with zero attached hydrogens (tertiary/aromatic N) is 3. The molecule has 1 fully saturated rings. The minimum absolute atomic E-state index is 0.151. The second-order valence-corrected chi connectivity index (χ2v) is 10.8. The Bertz CT molecular complexity index is 1730. The maximum atomic E-state index is 13.7. The van der Waals surface area contributed by atoms with Crippen LogP contribution in [0.3, 0.4) is 0 Å². The molecule has 1 aliphatic rings. The van der Waals surface area contributed by atoms with E-state index in [1.54, 1.807) is 0 Å². The van der Waals surface area contributed by atoms with Gasteiger partial charge in [0.1, 0.15) is 18.3 Å². The van der Waals surface area contributed by atoms with Gasteiger partial charge in [0, 0.05) is 48.4 Å². The van der Waals surface area contributed by atoms with Crippen LogP contribution in [-0.4, -0.2) is 65.6 Å². The summed E-state index contributed by atoms with van der Waals surface area (Å²) in [4.78, 5) is 84.3. The first-order valence-electron chi connectivity index (χ1n) is 13.6. The minimum atomic E-state index is -2.71. The summed E-state index contributed by atoms with van der Waals surface area (Å²) in [7, 11) is -2.71. The van der Waals surface area contributed by atoms with Crippen LogP contribution in [0.5, 0.6) is 0 Å². The highest BCUT2D eigenvalue weighted by Crippen LogP contribution is 2.39. The number of aliphatic hydroxyl groups is 1. The molecule has 2 heterocycles. The number of aliphatic hydroxyl groups excluding tert-OH is 1. The van der Waals surface area contributed by atoms with Crippen LogP contribution in [0.15, 0.2) is 70.4 Å². The number of esters is 1. The quantitative estimate of drug-likeness (QED) is 0.0810. The third-order valence-electron chi connectivity index (χ3n) is 7.09. The molecule has 1 aliphatic heterocycles. The van der Waals surface area contributed by atoms with Gasteiger partial charge in [0.05, 0.1) is 9.85 Å². The van der Waals surface area contributed by atoms with Crippen molar-refractivity contribution in [1.82, 2.24) is 9.55 Å². The van der Waals surface area contributed by atoms with E-state index in [0.29, 0.717) is 0 Å². The molecule has 19 heteroatoms. The number of Topliss-reactive ketones (excluding diaryl/α,β-unsaturated/α-hetero) is 1. The van der Waals surface area contributed by atoms with Gasteiger partial charge >= 0.3 is 11.7 Å². The second kappa shape index (κ2) is 15.0. The van der Waals surface area contributed by atoms with Gasteiger partial charge in [-0.15, -0.1) is 0 Å². The van der Waals surface area contributed by atoms with E-state index in [0.717, 1.165) is 16.8 Å². The lowest BCUT2D eigenvalue weighted by molar-refractivity contribution is -0.385. The summed E-state index contributed by atoms with van der Waals surface area (Å²) in [5.74, 6) is -1.85. The molecule has 0 bridgehead atoms. The van der Waals surface area contributed by atoms with Crippen LogP contribution in [0.25, 0.3) is 0 Å². The number of ether oxygens (including phenoxy) is 2. The highest BCUT2D eigenvalue weighted by molar-refractivity contribution is 7.43. The Morgan fingerprint density at radius 1 is 1.00 bits per heavy atom. The number of aromatic nitrogens is 2. The average molecular weight is 662 g/mol. The summed E-state index contributed by atoms with van der Waals surface area (Å²) in [6.45, 7) is 0. The van der Waals surface area contributed by atoms with Crippen molar-refractivity contribution in [3.63, 3.8) is 0 Å². The number of nitrogens with one attached hydrogen (secondary N) is 1. The first-order valence-corrected chi connectivity index (χ1v) is 14.9. The Hall–Kier alpha value is -4.71. The molecule has 6 atom stereocenters. The van der Waals surface area contributed by atoms with Crippen LogP contribution in [0, 0.1) is 20.2 Å². The summed E-state index contributed by atoms with van der Waals surface area (Å²) in [6.07, 6.45) is -8.84. The lowest BCUT2D eigenvalue weighted by atomic mass is 9.97. The van der Waals surface area contributed by atoms with Crippen molar-refractivity contribution in [1.29, 1.82) is 0 Å². The summed E-state index contributed by atoms with van der Waals surface area (Å²) in [5, 5.41) is 33.9. The predicted octanol–water partition coefficient (Wildman–Crippen LogP) is 0.921. The molecule has 1 aromatic heterocycles. The van der Waals surface area contributed by atoms with E-state index >= 15 is 0 Å². The van der Waals surface area contributed by atoms with Crippen LogP contribution in [0.2, 0.25) is 0 Å². The van der Waals surface area contributed by atoms with Gasteiger partial charge in [-0.05, 0) is 12.8 Å². The molecule has 2 unspecified atom stereocenters. The van der Waals surface area contributed by atoms with Gasteiger partial charge in [-0.3, -0.25) is 49.7 Å². The normalized spacial score (nSPS) is 20.5. The zero-order valence-corrected chi connectivity index (χ0v) is 24.6. The van der Waals surface area contributed by atoms with Crippen molar-refractivity contribution >= 4 is 31.7 Å². The molecule has 0 saturated carbocycles. The number of nitro groups is 2. The maximum absolute atomic E-state index is 13.7. The third kappa shape index (κ3) is 8.11. The molecule has 4 rings (SSSR count). The molecule has 1 saturated heterocycles. The standard InChI is InChI=1S/C27H28N5O13P/c28-46(42)45-24-22(36)26(30-14-13-20(34)29-27(30)37)44-25(24)23(19(33)11-9-15-5-1-3-7-17(15)31(38)39)43-21(35)12-10-16-6-2-4-8-18(16)32(40)41/h1-8,13-14,22-26,36,42H,9-12,28H2,(H,29,34,37)/t22-,23?,24+,25-,26-,46?/m1/s1. The topological polar surface area (TPSA) is 269 Å². The highest BCUT2D eigenvalue weighted by atomic mass is 31.2. The fourth-order valence-corrected chi connectivity index (χ4v) is 5.47. The molecule has 18 nitrogen and oxygen atoms in total. The number of ketones is 1. The van der Waals surface area contributed by atoms with Crippen molar-refractivity contribution < 1.29 is 43.4 Å². The molecule has 46 heavy (non-hydrogen) atoms. The zero-order valence-electron chi connectivity index (χ0n) is 23.7. The molecule has 0 aliphatic carbocycles. The maximum Gasteiger partial charge on any atom is 0.330 e. The Morgan fingerprint density at radius 2 is 1.57 bits per heavy atom. The number of aryl methyl sites for hydroxylation is 2. The van der Waals surface area contributed by atoms with Gasteiger partial charge in [-0.2, -0.15) is 0 Å². The number of carbonyl (C=O) groups is 2. The molecule has 5 N–H and O–H groups in total. The van der Waals surface area contributed by atoms with E-state index in [4.69, 9.17) is 19.5 Å². The Labute approximate surface area is 259 Å². The molecule has 2 aromatic carbocycles. The number of aromatic amines is 1. The molecular weight excluding hydrogens is 633 g/mol. The van der Waals surface area contributed by atoms with Gasteiger partial charge in [0.25, 0.3) is 25.5 Å². The predicted molar refractivity (Wildman–Crippen MR) is 157 cm³/mol. The van der Waals surface area contributed by atoms with Crippen LogP contribution in [0.1, 0.15) is 30.2 Å². The Balaban J connectivity index is 1.64. The fourth-order valence-electron chi connectivity index (χ4n) is 4.98. The van der Waals surface area contributed by atoms with Gasteiger partial charge < -0.3 is 24.0 Å². The van der Waals surface area contributed by atoms with E-state index < -0.39 is 84.9 Å². The largest absolute Gasteiger partial charge is 0.451 e. The van der Waals surface area contributed by atoms with Crippen LogP contribution < -0.4 is 16.8 Å². The molecule has 3 aromatic rings. The van der Waals surface area contributed by atoms with E-state index in [2.05, 4.69) is 0 Å². The monoisotopic (exact) mass is 661 g/mol. The number of nitrogens with two attached hydrogens (primary N) is 1. The fraction of sp³-hybridized carbons (Fsp3) is 0.333. The second-order valence-electron chi connectivity index (χ2n) is 10.0. The number of hydrogen-bond donors (Lipinski definition) is 4. The van der Waals surface area contributed by atoms with E-state index in [9.17, 15) is 49.4 Å². The molecule has 244 valence electrons. The zero-order chi connectivity index (χ0) is 33.5. The minimum Gasteiger partial charge on any atom is -0.451 e. The third-order valence-corrected chi connectivity index (χ3v) is 7.55. The summed E-state index contributed by atoms with van der Waals surface area (Å²) in [5.41, 5.74) is 3.60. The lowest BCUT2D eigenvalue weighted by Crippen LogP contribution is -2.46. The van der Waals surface area contributed by atoms with Gasteiger partial charge in [0.2, 0.25) is 0 Å². The van der Waals surface area contributed by atoms with Crippen molar-refractivity contribution in [3.05, 3.63) is 113 Å². The van der Waals surface area contributed by atoms with Crippen molar-refractivity contribution in [2.75, 3.05) is 0 Å².